The van der Waals surface area contributed by atoms with E-state index < -0.39 is 6.10 Å². The third-order valence-corrected chi connectivity index (χ3v) is 6.27. The van der Waals surface area contributed by atoms with E-state index in [1.807, 2.05) is 37.6 Å². The van der Waals surface area contributed by atoms with Crippen LogP contribution >= 0.6 is 11.3 Å². The van der Waals surface area contributed by atoms with Crippen molar-refractivity contribution < 1.29 is 14.6 Å². The number of carbonyl (C=O) groups is 1. The molecule has 7 nitrogen and oxygen atoms in total. The Morgan fingerprint density at radius 2 is 1.97 bits per heavy atom. The van der Waals surface area contributed by atoms with E-state index in [-0.39, 0.29) is 18.5 Å². The molecule has 32 heavy (non-hydrogen) atoms. The Labute approximate surface area is 190 Å². The number of ether oxygens (including phenoxy) is 1. The SMILES string of the molecule is COc1ccc(C(O)CNC(=O)c2cc(-c3ccc(C)s3)nc3c2cnn3C(C)C)cc1. The van der Waals surface area contributed by atoms with Crippen LogP contribution in [0.3, 0.4) is 0 Å². The highest BCUT2D eigenvalue weighted by atomic mass is 32.1. The lowest BCUT2D eigenvalue weighted by Crippen LogP contribution is -2.28. The van der Waals surface area contributed by atoms with Gasteiger partial charge in [-0.1, -0.05) is 12.1 Å². The van der Waals surface area contributed by atoms with Crippen LogP contribution in [0.15, 0.2) is 48.7 Å². The Morgan fingerprint density at radius 3 is 2.59 bits per heavy atom. The average Bonchev–Trinajstić information content (AvgIpc) is 3.42. The molecule has 0 aliphatic carbocycles. The molecule has 3 aromatic heterocycles. The van der Waals surface area contributed by atoms with E-state index in [9.17, 15) is 9.90 Å². The topological polar surface area (TPSA) is 89.3 Å². The number of hydrogen-bond acceptors (Lipinski definition) is 6. The predicted octanol–water partition coefficient (Wildman–Crippen LogP) is 4.52. The number of aliphatic hydroxyl groups is 1. The Kier molecular flexibility index (Phi) is 6.25. The van der Waals surface area contributed by atoms with Crippen LogP contribution in [-0.2, 0) is 0 Å². The Bertz CT molecular complexity index is 1240. The van der Waals surface area contributed by atoms with Crippen molar-refractivity contribution in [1.82, 2.24) is 20.1 Å². The zero-order chi connectivity index (χ0) is 22.8. The van der Waals surface area contributed by atoms with Crippen LogP contribution in [-0.4, -0.2) is 39.4 Å². The fourth-order valence-corrected chi connectivity index (χ4v) is 4.34. The van der Waals surface area contributed by atoms with Crippen molar-refractivity contribution in [2.24, 2.45) is 0 Å². The summed E-state index contributed by atoms with van der Waals surface area (Å²) in [5.74, 6) is 0.436. The molecule has 2 N–H and O–H groups in total. The number of pyridine rings is 1. The number of aromatic nitrogens is 3. The van der Waals surface area contributed by atoms with Crippen molar-refractivity contribution in [3.8, 4) is 16.3 Å². The first-order valence-electron chi connectivity index (χ1n) is 10.4. The van der Waals surface area contributed by atoms with Crippen LogP contribution in [0.4, 0.5) is 0 Å². The van der Waals surface area contributed by atoms with Gasteiger partial charge in [0.25, 0.3) is 5.91 Å². The lowest BCUT2D eigenvalue weighted by atomic mass is 10.1. The molecule has 1 atom stereocenters. The average molecular weight is 451 g/mol. The highest BCUT2D eigenvalue weighted by molar-refractivity contribution is 7.15. The van der Waals surface area contributed by atoms with Gasteiger partial charge in [-0.3, -0.25) is 4.79 Å². The molecule has 0 saturated heterocycles. The van der Waals surface area contributed by atoms with Gasteiger partial charge in [0.05, 0.1) is 40.9 Å². The van der Waals surface area contributed by atoms with Crippen LogP contribution < -0.4 is 10.1 Å². The number of fused-ring (bicyclic) bond motifs is 1. The van der Waals surface area contributed by atoms with E-state index in [0.29, 0.717) is 27.9 Å². The van der Waals surface area contributed by atoms with Crippen molar-refractivity contribution in [3.05, 3.63) is 64.7 Å². The summed E-state index contributed by atoms with van der Waals surface area (Å²) in [6.45, 7) is 6.18. The molecule has 4 aromatic rings. The van der Waals surface area contributed by atoms with Crippen LogP contribution in [0.1, 0.15) is 46.8 Å². The maximum Gasteiger partial charge on any atom is 0.252 e. The van der Waals surface area contributed by atoms with Crippen LogP contribution in [0.2, 0.25) is 0 Å². The summed E-state index contributed by atoms with van der Waals surface area (Å²) >= 11 is 1.63. The standard InChI is InChI=1S/C24H26N4O3S/c1-14(2)28-23-19(12-26-28)18(11-20(27-23)22-10-5-15(3)32-22)24(30)25-13-21(29)16-6-8-17(31-4)9-7-16/h5-12,14,21,29H,13H2,1-4H3,(H,25,30). The van der Waals surface area contributed by atoms with E-state index in [1.54, 1.807) is 55.0 Å². The Balaban J connectivity index is 1.63. The minimum Gasteiger partial charge on any atom is -0.497 e. The minimum atomic E-state index is -0.833. The van der Waals surface area contributed by atoms with Crippen molar-refractivity contribution in [1.29, 1.82) is 0 Å². The summed E-state index contributed by atoms with van der Waals surface area (Å²) in [4.78, 5) is 20.1. The Hall–Kier alpha value is -3.23. The fourth-order valence-electron chi connectivity index (χ4n) is 3.51. The number of rotatable bonds is 7. The smallest absolute Gasteiger partial charge is 0.252 e. The van der Waals surface area contributed by atoms with E-state index in [1.165, 1.54) is 4.88 Å². The van der Waals surface area contributed by atoms with Gasteiger partial charge < -0.3 is 15.2 Å². The summed E-state index contributed by atoms with van der Waals surface area (Å²) in [6, 6.07) is 13.1. The molecule has 0 radical (unpaired) electrons. The van der Waals surface area contributed by atoms with Crippen molar-refractivity contribution in [2.45, 2.75) is 32.9 Å². The third-order valence-electron chi connectivity index (χ3n) is 5.25. The van der Waals surface area contributed by atoms with Gasteiger partial charge in [-0.15, -0.1) is 11.3 Å². The molecular weight excluding hydrogens is 424 g/mol. The number of methoxy groups -OCH3 is 1. The first-order chi connectivity index (χ1) is 15.4. The molecule has 1 unspecified atom stereocenters. The number of carbonyl (C=O) groups excluding carboxylic acids is 1. The van der Waals surface area contributed by atoms with Gasteiger partial charge in [0, 0.05) is 17.5 Å². The molecule has 0 aliphatic rings. The highest BCUT2D eigenvalue weighted by Gasteiger charge is 2.20. The van der Waals surface area contributed by atoms with Gasteiger partial charge in [-0.25, -0.2) is 9.67 Å². The predicted molar refractivity (Wildman–Crippen MR) is 126 cm³/mol. The maximum absolute atomic E-state index is 13.2. The van der Waals surface area contributed by atoms with Crippen molar-refractivity contribution >= 4 is 28.3 Å². The lowest BCUT2D eigenvalue weighted by Gasteiger charge is -2.14. The summed E-state index contributed by atoms with van der Waals surface area (Å²) in [5, 5.41) is 18.5. The van der Waals surface area contributed by atoms with Crippen LogP contribution in [0.25, 0.3) is 21.6 Å². The lowest BCUT2D eigenvalue weighted by molar-refractivity contribution is 0.0918. The fraction of sp³-hybridized carbons (Fsp3) is 0.292. The minimum absolute atomic E-state index is 0.0841. The van der Waals surface area contributed by atoms with Crippen molar-refractivity contribution in [3.63, 3.8) is 0 Å². The molecule has 166 valence electrons. The molecule has 3 heterocycles. The number of aliphatic hydroxyl groups excluding tert-OH is 1. The molecule has 0 aliphatic heterocycles. The highest BCUT2D eigenvalue weighted by Crippen LogP contribution is 2.30. The molecule has 0 spiro atoms. The number of thiophene rings is 1. The number of aryl methyl sites for hydroxylation is 1. The molecule has 0 saturated carbocycles. The Morgan fingerprint density at radius 1 is 1.22 bits per heavy atom. The zero-order valence-electron chi connectivity index (χ0n) is 18.5. The molecular formula is C24H26N4O3S. The van der Waals surface area contributed by atoms with Gasteiger partial charge >= 0.3 is 0 Å². The number of amides is 1. The molecule has 1 aromatic carbocycles. The van der Waals surface area contributed by atoms with Gasteiger partial charge in [0.2, 0.25) is 0 Å². The van der Waals surface area contributed by atoms with Gasteiger partial charge in [0.1, 0.15) is 5.75 Å². The number of benzene rings is 1. The molecule has 4 rings (SSSR count). The van der Waals surface area contributed by atoms with Gasteiger partial charge in [-0.05, 0) is 56.7 Å². The molecule has 8 heteroatoms. The summed E-state index contributed by atoms with van der Waals surface area (Å²) in [7, 11) is 1.59. The first kappa shape index (κ1) is 22.0. The molecule has 0 bridgehead atoms. The summed E-state index contributed by atoms with van der Waals surface area (Å²) < 4.78 is 6.97. The van der Waals surface area contributed by atoms with Gasteiger partial charge in [-0.2, -0.15) is 5.10 Å². The first-order valence-corrected chi connectivity index (χ1v) is 11.2. The van der Waals surface area contributed by atoms with E-state index >= 15 is 0 Å². The second-order valence-electron chi connectivity index (χ2n) is 7.88. The van der Waals surface area contributed by atoms with Crippen LogP contribution in [0.5, 0.6) is 5.75 Å². The molecule has 1 amide bonds. The summed E-state index contributed by atoms with van der Waals surface area (Å²) in [5.41, 5.74) is 2.60. The number of nitrogens with one attached hydrogen (secondary N) is 1. The third kappa shape index (κ3) is 4.37. The maximum atomic E-state index is 13.2. The van der Waals surface area contributed by atoms with E-state index in [0.717, 1.165) is 10.6 Å². The molecule has 0 fully saturated rings. The number of hydrogen-bond donors (Lipinski definition) is 2. The normalized spacial score (nSPS) is 12.3. The second kappa shape index (κ2) is 9.10. The van der Waals surface area contributed by atoms with E-state index in [4.69, 9.17) is 9.72 Å². The van der Waals surface area contributed by atoms with E-state index in [2.05, 4.69) is 10.4 Å². The largest absolute Gasteiger partial charge is 0.497 e. The van der Waals surface area contributed by atoms with Crippen molar-refractivity contribution in [2.75, 3.05) is 13.7 Å². The second-order valence-corrected chi connectivity index (χ2v) is 9.17. The van der Waals surface area contributed by atoms with Gasteiger partial charge in [0.15, 0.2) is 5.65 Å². The zero-order valence-corrected chi connectivity index (χ0v) is 19.3. The monoisotopic (exact) mass is 450 g/mol. The quantitative estimate of drug-likeness (QED) is 0.432. The summed E-state index contributed by atoms with van der Waals surface area (Å²) in [6.07, 6.45) is 0.848. The number of nitrogens with zero attached hydrogens (tertiary/aromatic N) is 3. The van der Waals surface area contributed by atoms with Crippen LogP contribution in [0, 0.1) is 6.92 Å².